The largest absolute Gasteiger partial charge is 0.479 e. The number of nitrogens with one attached hydrogen (secondary N) is 2. The number of nitrogens with zero attached hydrogens (tertiary/aromatic N) is 4. The molecule has 1 aliphatic rings. The molecular formula is C27H25FN6O3. The number of hydrogen-bond donors (Lipinski definition) is 2. The molecule has 0 atom stereocenters. The maximum Gasteiger partial charge on any atom is 0.247 e. The first-order valence-electron chi connectivity index (χ1n) is 11.7. The number of fused-ring (bicyclic) bond motifs is 1. The highest BCUT2D eigenvalue weighted by Gasteiger charge is 2.17. The van der Waals surface area contributed by atoms with E-state index < -0.39 is 5.82 Å². The molecule has 5 rings (SSSR count). The number of methoxy groups -OCH3 is 1. The molecule has 1 amide bonds. The zero-order chi connectivity index (χ0) is 25.8. The minimum Gasteiger partial charge on any atom is -0.479 e. The second kappa shape index (κ2) is 10.6. The molecule has 9 nitrogen and oxygen atoms in total. The van der Waals surface area contributed by atoms with Gasteiger partial charge in [-0.3, -0.25) is 4.79 Å². The highest BCUT2D eigenvalue weighted by atomic mass is 19.1. The van der Waals surface area contributed by atoms with Crippen molar-refractivity contribution in [1.82, 2.24) is 15.0 Å². The van der Waals surface area contributed by atoms with Gasteiger partial charge in [-0.15, -0.1) is 0 Å². The van der Waals surface area contributed by atoms with Crippen LogP contribution < -0.4 is 20.3 Å². The van der Waals surface area contributed by atoms with Crippen LogP contribution in [0, 0.1) is 5.82 Å². The number of carbonyl (C=O) groups excluding carboxylic acids is 1. The van der Waals surface area contributed by atoms with E-state index in [1.165, 1.54) is 12.1 Å². The number of rotatable bonds is 7. The Labute approximate surface area is 213 Å². The fraction of sp³-hybridized carbons (Fsp3) is 0.185. The molecule has 2 aromatic carbocycles. The fourth-order valence-corrected chi connectivity index (χ4v) is 4.12. The number of hydrogen-bond acceptors (Lipinski definition) is 8. The average Bonchev–Trinajstić information content (AvgIpc) is 2.93. The van der Waals surface area contributed by atoms with Crippen molar-refractivity contribution < 1.29 is 18.7 Å². The molecule has 1 aliphatic heterocycles. The van der Waals surface area contributed by atoms with Crippen LogP contribution in [0.1, 0.15) is 0 Å². The van der Waals surface area contributed by atoms with Gasteiger partial charge >= 0.3 is 0 Å². The summed E-state index contributed by atoms with van der Waals surface area (Å²) >= 11 is 0. The van der Waals surface area contributed by atoms with Gasteiger partial charge in [-0.25, -0.2) is 14.4 Å². The number of halogens is 1. The molecule has 188 valence electrons. The van der Waals surface area contributed by atoms with E-state index in [1.54, 1.807) is 43.6 Å². The van der Waals surface area contributed by atoms with E-state index in [0.29, 0.717) is 52.5 Å². The molecule has 0 unspecified atom stereocenters. The summed E-state index contributed by atoms with van der Waals surface area (Å²) in [6, 6.07) is 13.6. The Balaban J connectivity index is 1.49. The van der Waals surface area contributed by atoms with Gasteiger partial charge in [0.15, 0.2) is 0 Å². The average molecular weight is 501 g/mol. The van der Waals surface area contributed by atoms with Crippen molar-refractivity contribution in [1.29, 1.82) is 0 Å². The van der Waals surface area contributed by atoms with Crippen molar-refractivity contribution >= 4 is 40.0 Å². The Bertz CT molecular complexity index is 1470. The number of carbonyl (C=O) groups is 1. The third kappa shape index (κ3) is 5.19. The minimum absolute atomic E-state index is 0.259. The summed E-state index contributed by atoms with van der Waals surface area (Å²) in [5.41, 5.74) is 2.36. The Hall–Kier alpha value is -4.57. The number of benzene rings is 2. The van der Waals surface area contributed by atoms with E-state index in [9.17, 15) is 4.79 Å². The maximum atomic E-state index is 15.1. The van der Waals surface area contributed by atoms with Gasteiger partial charge in [0.2, 0.25) is 17.7 Å². The summed E-state index contributed by atoms with van der Waals surface area (Å²) in [5, 5.41) is 6.51. The first-order valence-corrected chi connectivity index (χ1v) is 11.7. The molecule has 0 aliphatic carbocycles. The Morgan fingerprint density at radius 1 is 1.16 bits per heavy atom. The van der Waals surface area contributed by atoms with Gasteiger partial charge in [-0.2, -0.15) is 4.98 Å². The summed E-state index contributed by atoms with van der Waals surface area (Å²) < 4.78 is 26.1. The molecular weight excluding hydrogens is 475 g/mol. The lowest BCUT2D eigenvalue weighted by Gasteiger charge is -2.28. The van der Waals surface area contributed by atoms with Crippen molar-refractivity contribution in [3.8, 4) is 17.0 Å². The minimum atomic E-state index is -0.446. The molecule has 0 spiro atoms. The van der Waals surface area contributed by atoms with Gasteiger partial charge < -0.3 is 25.0 Å². The molecule has 0 bridgehead atoms. The van der Waals surface area contributed by atoms with Crippen molar-refractivity contribution in [2.24, 2.45) is 0 Å². The van der Waals surface area contributed by atoms with Crippen LogP contribution in [0.2, 0.25) is 0 Å². The number of pyridine rings is 1. The predicted molar refractivity (Wildman–Crippen MR) is 141 cm³/mol. The number of anilines is 4. The lowest BCUT2D eigenvalue weighted by atomic mass is 10.0. The first kappa shape index (κ1) is 24.1. The van der Waals surface area contributed by atoms with Crippen LogP contribution in [0.15, 0.2) is 67.4 Å². The van der Waals surface area contributed by atoms with E-state index >= 15 is 4.39 Å². The molecule has 37 heavy (non-hydrogen) atoms. The lowest BCUT2D eigenvalue weighted by molar-refractivity contribution is -0.111. The number of aromatic nitrogens is 3. The van der Waals surface area contributed by atoms with Crippen LogP contribution >= 0.6 is 0 Å². The van der Waals surface area contributed by atoms with Crippen LogP contribution in [-0.4, -0.2) is 54.3 Å². The smallest absolute Gasteiger partial charge is 0.247 e. The third-order valence-corrected chi connectivity index (χ3v) is 5.93. The van der Waals surface area contributed by atoms with Crippen LogP contribution in [-0.2, 0) is 9.53 Å². The van der Waals surface area contributed by atoms with E-state index in [2.05, 4.69) is 37.1 Å². The van der Waals surface area contributed by atoms with Gasteiger partial charge in [-0.1, -0.05) is 18.7 Å². The predicted octanol–water partition coefficient (Wildman–Crippen LogP) is 4.54. The maximum absolute atomic E-state index is 15.1. The van der Waals surface area contributed by atoms with E-state index in [1.807, 2.05) is 12.1 Å². The van der Waals surface area contributed by atoms with Crippen molar-refractivity contribution in [2.45, 2.75) is 0 Å². The Morgan fingerprint density at radius 2 is 2.00 bits per heavy atom. The monoisotopic (exact) mass is 500 g/mol. The van der Waals surface area contributed by atoms with E-state index in [4.69, 9.17) is 9.47 Å². The molecule has 0 saturated carbocycles. The molecule has 2 aromatic heterocycles. The number of morpholine rings is 1. The SMILES string of the molecule is C=CC(=O)Nc1cccc(-c2c(F)ccc3cnc(Nc4ccc(N5CCOCC5)nc4OC)nc23)c1. The van der Waals surface area contributed by atoms with Crippen LogP contribution in [0.3, 0.4) is 0 Å². The van der Waals surface area contributed by atoms with Crippen molar-refractivity contribution in [3.63, 3.8) is 0 Å². The van der Waals surface area contributed by atoms with Gasteiger partial charge in [0, 0.05) is 35.9 Å². The van der Waals surface area contributed by atoms with Crippen LogP contribution in [0.25, 0.3) is 22.0 Å². The third-order valence-electron chi connectivity index (χ3n) is 5.93. The van der Waals surface area contributed by atoms with E-state index in [-0.39, 0.29) is 11.9 Å². The quantitative estimate of drug-likeness (QED) is 0.357. The molecule has 10 heteroatoms. The summed E-state index contributed by atoms with van der Waals surface area (Å²) in [5.74, 6) is 0.635. The standard InChI is InChI=1S/C27H25FN6O3/c1-3-23(35)30-19-6-4-5-17(15-19)24-20(28)8-7-18-16-29-27(33-25(18)24)31-21-9-10-22(32-26(21)36-2)34-11-13-37-14-12-34/h3-10,15-16H,1,11-14H2,2H3,(H,30,35)(H,29,31,33). The van der Waals surface area contributed by atoms with Gasteiger partial charge in [0.1, 0.15) is 17.3 Å². The lowest BCUT2D eigenvalue weighted by Crippen LogP contribution is -2.36. The fourth-order valence-electron chi connectivity index (χ4n) is 4.12. The summed E-state index contributed by atoms with van der Waals surface area (Å²) in [6.45, 7) is 6.27. The summed E-state index contributed by atoms with van der Waals surface area (Å²) in [7, 11) is 1.55. The second-order valence-electron chi connectivity index (χ2n) is 8.28. The van der Waals surface area contributed by atoms with Crippen molar-refractivity contribution in [2.75, 3.05) is 48.9 Å². The van der Waals surface area contributed by atoms with Crippen LogP contribution in [0.5, 0.6) is 5.88 Å². The second-order valence-corrected chi connectivity index (χ2v) is 8.28. The molecule has 0 radical (unpaired) electrons. The number of amides is 1. The number of ether oxygens (including phenoxy) is 2. The van der Waals surface area contributed by atoms with Crippen LogP contribution in [0.4, 0.5) is 27.5 Å². The molecule has 1 saturated heterocycles. The van der Waals surface area contributed by atoms with Gasteiger partial charge in [-0.05, 0) is 48.0 Å². The Kier molecular flexibility index (Phi) is 6.91. The zero-order valence-corrected chi connectivity index (χ0v) is 20.2. The van der Waals surface area contributed by atoms with E-state index in [0.717, 1.165) is 18.9 Å². The van der Waals surface area contributed by atoms with Crippen molar-refractivity contribution in [3.05, 3.63) is 73.2 Å². The molecule has 2 N–H and O–H groups in total. The summed E-state index contributed by atoms with van der Waals surface area (Å²) in [6.07, 6.45) is 2.80. The normalized spacial score (nSPS) is 13.3. The summed E-state index contributed by atoms with van der Waals surface area (Å²) in [4.78, 5) is 27.5. The highest BCUT2D eigenvalue weighted by molar-refractivity contribution is 6.00. The topological polar surface area (TPSA) is 102 Å². The first-order chi connectivity index (χ1) is 18.1. The highest BCUT2D eigenvalue weighted by Crippen LogP contribution is 2.33. The molecule has 4 aromatic rings. The molecule has 1 fully saturated rings. The van der Waals surface area contributed by atoms with Gasteiger partial charge in [0.25, 0.3) is 0 Å². The Morgan fingerprint density at radius 3 is 2.78 bits per heavy atom. The zero-order valence-electron chi connectivity index (χ0n) is 20.2. The van der Waals surface area contributed by atoms with Gasteiger partial charge in [0.05, 0.1) is 25.8 Å². The molecule has 3 heterocycles.